The maximum atomic E-state index is 10.7. The molecule has 2 heterocycles. The molecule has 0 radical (unpaired) electrons. The standard InChI is InChI=1S/C21H28N6OS/c1-4-22-20(24-15-21(2,28)17-12-25-27(3)13-17)23-11-10-18-14-29-19(26-18)16-8-6-5-7-9-16/h5-9,12-14,28H,4,10-11,15H2,1-3H3,(H2,22,23,24). The van der Waals surface area contributed by atoms with Crippen molar-refractivity contribution in [3.05, 3.63) is 59.4 Å². The molecule has 8 heteroatoms. The Kier molecular flexibility index (Phi) is 7.00. The Labute approximate surface area is 175 Å². The number of hydrogen-bond acceptors (Lipinski definition) is 5. The van der Waals surface area contributed by atoms with Crippen molar-refractivity contribution in [3.8, 4) is 10.6 Å². The number of thiazole rings is 1. The number of nitrogens with zero attached hydrogens (tertiary/aromatic N) is 4. The molecular formula is C21H28N6OS. The molecule has 0 amide bonds. The van der Waals surface area contributed by atoms with E-state index in [4.69, 9.17) is 4.98 Å². The Morgan fingerprint density at radius 2 is 2.07 bits per heavy atom. The van der Waals surface area contributed by atoms with Crippen LogP contribution >= 0.6 is 11.3 Å². The van der Waals surface area contributed by atoms with Crippen LogP contribution in [0.3, 0.4) is 0 Å². The first-order chi connectivity index (χ1) is 14.0. The summed E-state index contributed by atoms with van der Waals surface area (Å²) in [5.74, 6) is 0.676. The number of aromatic nitrogens is 3. The van der Waals surface area contributed by atoms with Gasteiger partial charge >= 0.3 is 0 Å². The SMILES string of the molecule is CCNC(=NCC(C)(O)c1cnn(C)c1)NCCc1csc(-c2ccccc2)n1. The van der Waals surface area contributed by atoms with E-state index >= 15 is 0 Å². The van der Waals surface area contributed by atoms with Crippen LogP contribution < -0.4 is 10.6 Å². The van der Waals surface area contributed by atoms with E-state index in [9.17, 15) is 5.11 Å². The first-order valence-electron chi connectivity index (χ1n) is 9.71. The topological polar surface area (TPSA) is 87.4 Å². The van der Waals surface area contributed by atoms with Gasteiger partial charge in [0, 0.05) is 49.3 Å². The normalized spacial score (nSPS) is 13.9. The zero-order valence-corrected chi connectivity index (χ0v) is 17.9. The molecule has 0 fully saturated rings. The van der Waals surface area contributed by atoms with E-state index in [1.165, 1.54) is 0 Å². The lowest BCUT2D eigenvalue weighted by molar-refractivity contribution is 0.0672. The number of aryl methyl sites for hydroxylation is 1. The fourth-order valence-corrected chi connectivity index (χ4v) is 3.67. The van der Waals surface area contributed by atoms with E-state index in [0.717, 1.165) is 34.8 Å². The van der Waals surface area contributed by atoms with Crippen LogP contribution in [0.2, 0.25) is 0 Å². The van der Waals surface area contributed by atoms with Gasteiger partial charge in [0.15, 0.2) is 5.96 Å². The minimum Gasteiger partial charge on any atom is -0.383 e. The molecule has 0 aliphatic carbocycles. The number of benzene rings is 1. The monoisotopic (exact) mass is 412 g/mol. The lowest BCUT2D eigenvalue weighted by Crippen LogP contribution is -2.39. The average Bonchev–Trinajstić information content (AvgIpc) is 3.36. The molecule has 1 unspecified atom stereocenters. The number of aliphatic hydroxyl groups is 1. The summed E-state index contributed by atoms with van der Waals surface area (Å²) in [5, 5.41) is 24.5. The van der Waals surface area contributed by atoms with Crippen molar-refractivity contribution in [1.82, 2.24) is 25.4 Å². The van der Waals surface area contributed by atoms with Crippen LogP contribution in [0, 0.1) is 0 Å². The van der Waals surface area contributed by atoms with Crippen LogP contribution in [-0.4, -0.2) is 45.5 Å². The van der Waals surface area contributed by atoms with Gasteiger partial charge in [0.05, 0.1) is 18.4 Å². The summed E-state index contributed by atoms with van der Waals surface area (Å²) < 4.78 is 1.68. The fourth-order valence-electron chi connectivity index (χ4n) is 2.81. The van der Waals surface area contributed by atoms with Gasteiger partial charge in [0.1, 0.15) is 10.6 Å². The Morgan fingerprint density at radius 3 is 2.76 bits per heavy atom. The summed E-state index contributed by atoms with van der Waals surface area (Å²) in [6.07, 6.45) is 4.28. The van der Waals surface area contributed by atoms with E-state index in [1.54, 1.807) is 29.1 Å². The molecule has 3 rings (SSSR count). The maximum absolute atomic E-state index is 10.7. The van der Waals surface area contributed by atoms with Crippen LogP contribution in [0.15, 0.2) is 53.1 Å². The van der Waals surface area contributed by atoms with Crippen LogP contribution in [0.5, 0.6) is 0 Å². The Bertz CT molecular complexity index is 932. The first kappa shape index (κ1) is 21.0. The van der Waals surface area contributed by atoms with Crippen molar-refractivity contribution < 1.29 is 5.11 Å². The molecule has 0 saturated carbocycles. The molecule has 7 nitrogen and oxygen atoms in total. The molecule has 0 aliphatic heterocycles. The minimum absolute atomic E-state index is 0.239. The third-order valence-electron chi connectivity index (χ3n) is 4.46. The van der Waals surface area contributed by atoms with E-state index in [2.05, 4.69) is 38.2 Å². The highest BCUT2D eigenvalue weighted by atomic mass is 32.1. The fraction of sp³-hybridized carbons (Fsp3) is 0.381. The van der Waals surface area contributed by atoms with Crippen LogP contribution in [-0.2, 0) is 19.1 Å². The lowest BCUT2D eigenvalue weighted by atomic mass is 10.0. The first-order valence-corrected chi connectivity index (χ1v) is 10.6. The largest absolute Gasteiger partial charge is 0.383 e. The highest BCUT2D eigenvalue weighted by Gasteiger charge is 2.24. The number of hydrogen-bond donors (Lipinski definition) is 3. The maximum Gasteiger partial charge on any atom is 0.191 e. The van der Waals surface area contributed by atoms with E-state index in [1.807, 2.05) is 38.4 Å². The summed E-state index contributed by atoms with van der Waals surface area (Å²) in [4.78, 5) is 9.26. The summed E-state index contributed by atoms with van der Waals surface area (Å²) in [6, 6.07) is 10.2. The van der Waals surface area contributed by atoms with Crippen LogP contribution in [0.4, 0.5) is 0 Å². The number of rotatable bonds is 8. The van der Waals surface area contributed by atoms with Gasteiger partial charge in [-0.1, -0.05) is 30.3 Å². The summed E-state index contributed by atoms with van der Waals surface area (Å²) >= 11 is 1.66. The molecule has 0 saturated heterocycles. The second-order valence-corrected chi connectivity index (χ2v) is 7.92. The van der Waals surface area contributed by atoms with Gasteiger partial charge in [-0.3, -0.25) is 4.68 Å². The van der Waals surface area contributed by atoms with Crippen molar-refractivity contribution in [1.29, 1.82) is 0 Å². The molecular weight excluding hydrogens is 384 g/mol. The molecule has 0 spiro atoms. The average molecular weight is 413 g/mol. The van der Waals surface area contributed by atoms with Crippen molar-refractivity contribution in [2.45, 2.75) is 25.9 Å². The predicted octanol–water partition coefficient (Wildman–Crippen LogP) is 2.55. The molecule has 3 N–H and O–H groups in total. The van der Waals surface area contributed by atoms with Gasteiger partial charge in [-0.05, 0) is 13.8 Å². The quantitative estimate of drug-likeness (QED) is 0.391. The predicted molar refractivity (Wildman–Crippen MR) is 118 cm³/mol. The van der Waals surface area contributed by atoms with E-state index < -0.39 is 5.60 Å². The number of nitrogens with one attached hydrogen (secondary N) is 2. The van der Waals surface area contributed by atoms with Gasteiger partial charge in [-0.25, -0.2) is 9.98 Å². The van der Waals surface area contributed by atoms with Crippen molar-refractivity contribution in [3.63, 3.8) is 0 Å². The second-order valence-electron chi connectivity index (χ2n) is 7.06. The molecule has 154 valence electrons. The third kappa shape index (κ3) is 5.88. The van der Waals surface area contributed by atoms with Gasteiger partial charge in [-0.15, -0.1) is 11.3 Å². The van der Waals surface area contributed by atoms with Gasteiger partial charge < -0.3 is 15.7 Å². The molecule has 1 atom stereocenters. The lowest BCUT2D eigenvalue weighted by Gasteiger charge is -2.20. The Balaban J connectivity index is 1.55. The van der Waals surface area contributed by atoms with E-state index in [-0.39, 0.29) is 6.54 Å². The van der Waals surface area contributed by atoms with Crippen LogP contribution in [0.25, 0.3) is 10.6 Å². The van der Waals surface area contributed by atoms with Gasteiger partial charge in [0.25, 0.3) is 0 Å². The van der Waals surface area contributed by atoms with Crippen molar-refractivity contribution in [2.75, 3.05) is 19.6 Å². The van der Waals surface area contributed by atoms with Crippen molar-refractivity contribution in [2.24, 2.45) is 12.0 Å². The third-order valence-corrected chi connectivity index (χ3v) is 5.40. The van der Waals surface area contributed by atoms with Crippen molar-refractivity contribution >= 4 is 17.3 Å². The summed E-state index contributed by atoms with van der Waals surface area (Å²) in [5.41, 5.74) is 1.87. The Morgan fingerprint density at radius 1 is 1.28 bits per heavy atom. The summed E-state index contributed by atoms with van der Waals surface area (Å²) in [6.45, 7) is 5.46. The van der Waals surface area contributed by atoms with Gasteiger partial charge in [0.2, 0.25) is 0 Å². The van der Waals surface area contributed by atoms with E-state index in [0.29, 0.717) is 12.5 Å². The zero-order chi connectivity index (χ0) is 20.7. The summed E-state index contributed by atoms with van der Waals surface area (Å²) in [7, 11) is 1.83. The molecule has 0 aliphatic rings. The van der Waals surface area contributed by atoms with Crippen LogP contribution in [0.1, 0.15) is 25.1 Å². The number of guanidine groups is 1. The smallest absolute Gasteiger partial charge is 0.191 e. The Hall–Kier alpha value is -2.71. The van der Waals surface area contributed by atoms with Gasteiger partial charge in [-0.2, -0.15) is 5.10 Å². The second kappa shape index (κ2) is 9.67. The number of aliphatic imine (C=N–C) groups is 1. The molecule has 2 aromatic heterocycles. The molecule has 0 bridgehead atoms. The molecule has 29 heavy (non-hydrogen) atoms. The molecule has 3 aromatic rings. The molecule has 1 aromatic carbocycles. The highest BCUT2D eigenvalue weighted by molar-refractivity contribution is 7.13. The minimum atomic E-state index is -1.07. The highest BCUT2D eigenvalue weighted by Crippen LogP contribution is 2.23. The zero-order valence-electron chi connectivity index (χ0n) is 17.1.